The van der Waals surface area contributed by atoms with Crippen LogP contribution in [0, 0.1) is 0 Å². The third kappa shape index (κ3) is 34.3. The summed E-state index contributed by atoms with van der Waals surface area (Å²) in [6.07, 6.45) is 35.8. The van der Waals surface area contributed by atoms with Gasteiger partial charge in [-0.2, -0.15) is 0 Å². The van der Waals surface area contributed by atoms with Gasteiger partial charge >= 0.3 is 19.8 Å². The topological polar surface area (TPSA) is 169 Å². The van der Waals surface area contributed by atoms with Crippen molar-refractivity contribution in [3.63, 3.8) is 0 Å². The van der Waals surface area contributed by atoms with Crippen LogP contribution < -0.4 is 5.32 Å². The molecule has 12 heteroatoms. The number of aliphatic hydroxyl groups excluding tert-OH is 1. The van der Waals surface area contributed by atoms with Gasteiger partial charge in [-0.25, -0.2) is 9.36 Å². The number of aliphatic hydroxyl groups is 1. The summed E-state index contributed by atoms with van der Waals surface area (Å²) in [5.41, 5.74) is 0. The maximum Gasteiger partial charge on any atom is 0.472 e. The summed E-state index contributed by atoms with van der Waals surface area (Å²) in [5.74, 6) is -2.43. The molecule has 0 spiro atoms. The Labute approximate surface area is 307 Å². The Kier molecular flexibility index (Phi) is 32.8. The molecule has 0 aromatic heterocycles. The number of hydrogen-bond acceptors (Lipinski definition) is 8. The first-order chi connectivity index (χ1) is 24.6. The quantitative estimate of drug-likeness (QED) is 0.0213. The molecule has 3 atom stereocenters. The van der Waals surface area contributed by atoms with Crippen molar-refractivity contribution >= 4 is 25.7 Å². The highest BCUT2D eigenvalue weighted by atomic mass is 31.2. The molecule has 3 unspecified atom stereocenters. The molecule has 1 amide bonds. The number of carboxylic acid groups (broad SMARTS) is 1. The van der Waals surface area contributed by atoms with Crippen LogP contribution in [0.25, 0.3) is 0 Å². The molecular formula is C39H68NO10P. The summed E-state index contributed by atoms with van der Waals surface area (Å²) in [5, 5.41) is 21.7. The summed E-state index contributed by atoms with van der Waals surface area (Å²) in [6.45, 7) is 2.40. The monoisotopic (exact) mass is 741 g/mol. The van der Waals surface area contributed by atoms with E-state index in [1.54, 1.807) is 0 Å². The molecule has 0 radical (unpaired) electrons. The van der Waals surface area contributed by atoms with Crippen LogP contribution in [-0.4, -0.2) is 64.9 Å². The first-order valence-electron chi connectivity index (χ1n) is 19.2. The Balaban J connectivity index is 4.02. The zero-order chi connectivity index (χ0) is 37.8. The number of carbonyl (C=O) groups is 3. The molecule has 11 nitrogen and oxygen atoms in total. The Hall–Kier alpha value is -2.56. The van der Waals surface area contributed by atoms with E-state index in [2.05, 4.69) is 67.8 Å². The summed E-state index contributed by atoms with van der Waals surface area (Å²) in [6, 6.07) is -1.56. The zero-order valence-electron chi connectivity index (χ0n) is 31.4. The van der Waals surface area contributed by atoms with Crippen molar-refractivity contribution in [1.82, 2.24) is 5.32 Å². The van der Waals surface area contributed by atoms with Gasteiger partial charge in [-0.1, -0.05) is 114 Å². The van der Waals surface area contributed by atoms with Crippen molar-refractivity contribution in [2.75, 3.05) is 19.8 Å². The lowest BCUT2D eigenvalue weighted by Crippen LogP contribution is -2.43. The van der Waals surface area contributed by atoms with Crippen molar-refractivity contribution in [2.24, 2.45) is 0 Å². The Morgan fingerprint density at radius 2 is 1.14 bits per heavy atom. The average Bonchev–Trinajstić information content (AvgIpc) is 3.10. The van der Waals surface area contributed by atoms with E-state index in [1.165, 1.54) is 32.1 Å². The molecule has 0 aliphatic rings. The second-order valence-electron chi connectivity index (χ2n) is 12.7. The highest BCUT2D eigenvalue weighted by Gasteiger charge is 2.28. The molecular weight excluding hydrogens is 673 g/mol. The predicted octanol–water partition coefficient (Wildman–Crippen LogP) is 9.05. The molecule has 0 saturated heterocycles. The Bertz CT molecular complexity index is 1060. The lowest BCUT2D eigenvalue weighted by atomic mass is 10.1. The fourth-order valence-electron chi connectivity index (χ4n) is 4.85. The summed E-state index contributed by atoms with van der Waals surface area (Å²) in [4.78, 5) is 45.7. The van der Waals surface area contributed by atoms with Crippen LogP contribution in [0.3, 0.4) is 0 Å². The molecule has 294 valence electrons. The van der Waals surface area contributed by atoms with Gasteiger partial charge in [0.1, 0.15) is 12.7 Å². The lowest BCUT2D eigenvalue weighted by Gasteiger charge is -2.18. The second kappa shape index (κ2) is 34.5. The van der Waals surface area contributed by atoms with Crippen LogP contribution in [0.4, 0.5) is 0 Å². The van der Waals surface area contributed by atoms with E-state index in [4.69, 9.17) is 13.8 Å². The van der Waals surface area contributed by atoms with Gasteiger partial charge in [0.05, 0.1) is 13.2 Å². The number of phosphoric acid groups is 1. The van der Waals surface area contributed by atoms with Crippen LogP contribution >= 0.6 is 7.82 Å². The molecule has 4 N–H and O–H groups in total. The number of amides is 1. The molecule has 0 rings (SSSR count). The van der Waals surface area contributed by atoms with E-state index >= 15 is 0 Å². The van der Waals surface area contributed by atoms with Gasteiger partial charge in [-0.05, 0) is 70.6 Å². The van der Waals surface area contributed by atoms with Crippen molar-refractivity contribution in [2.45, 2.75) is 161 Å². The molecule has 0 aromatic carbocycles. The standard InChI is InChI=1S/C39H68NO10P/c1-3-5-7-9-11-13-15-17-19-21-23-25-27-29-31-38(43)48-32-35(41)33-49-51(46,47)50-34-36(39(44)45)40-37(42)30-28-26-24-22-20-18-16-14-12-10-8-6-4-2/h6,8,12,14-15,17-18,20,35-36,41H,3-5,7,9-11,13,16,19,21-34H2,1-2H3,(H,40,42)(H,44,45)(H,46,47)/b8-6-,14-12-,17-15-,20-18-. The number of unbranched alkanes of at least 4 members (excludes halogenated alkanes) is 13. The summed E-state index contributed by atoms with van der Waals surface area (Å²) >= 11 is 0. The van der Waals surface area contributed by atoms with Gasteiger partial charge < -0.3 is 25.2 Å². The summed E-state index contributed by atoms with van der Waals surface area (Å²) < 4.78 is 26.7. The van der Waals surface area contributed by atoms with Crippen LogP contribution in [0.2, 0.25) is 0 Å². The number of nitrogens with one attached hydrogen (secondary N) is 1. The lowest BCUT2D eigenvalue weighted by molar-refractivity contribution is -0.147. The number of allylic oxidation sites excluding steroid dienone is 8. The number of phosphoric ester groups is 1. The summed E-state index contributed by atoms with van der Waals surface area (Å²) in [7, 11) is -4.76. The number of hydrogen-bond donors (Lipinski definition) is 4. The van der Waals surface area contributed by atoms with Crippen molar-refractivity contribution < 1.29 is 47.8 Å². The SMILES string of the molecule is CC/C=C\C/C=C\C/C=C\CCCCCC(=O)NC(COP(=O)(O)OCC(O)COC(=O)CCCCCCC/C=C\CCCCCCC)C(=O)O. The van der Waals surface area contributed by atoms with Gasteiger partial charge in [-0.3, -0.25) is 18.6 Å². The van der Waals surface area contributed by atoms with E-state index in [1.807, 2.05) is 0 Å². The van der Waals surface area contributed by atoms with Crippen molar-refractivity contribution in [1.29, 1.82) is 0 Å². The fraction of sp³-hybridized carbons (Fsp3) is 0.718. The van der Waals surface area contributed by atoms with Gasteiger partial charge in [0, 0.05) is 12.8 Å². The maximum absolute atomic E-state index is 12.2. The molecule has 0 aliphatic carbocycles. The van der Waals surface area contributed by atoms with E-state index in [9.17, 15) is 34.1 Å². The van der Waals surface area contributed by atoms with Crippen LogP contribution in [-0.2, 0) is 32.7 Å². The van der Waals surface area contributed by atoms with Crippen molar-refractivity contribution in [3.05, 3.63) is 48.6 Å². The number of aliphatic carboxylic acids is 1. The van der Waals surface area contributed by atoms with E-state index < -0.39 is 57.6 Å². The third-order valence-corrected chi connectivity index (χ3v) is 8.80. The average molecular weight is 742 g/mol. The molecule has 0 heterocycles. The van der Waals surface area contributed by atoms with Gasteiger partial charge in [0.15, 0.2) is 6.04 Å². The number of carbonyl (C=O) groups excluding carboxylic acids is 2. The largest absolute Gasteiger partial charge is 0.480 e. The first-order valence-corrected chi connectivity index (χ1v) is 20.7. The number of esters is 1. The fourth-order valence-corrected chi connectivity index (χ4v) is 5.62. The molecule has 0 saturated carbocycles. The minimum Gasteiger partial charge on any atom is -0.480 e. The number of ether oxygens (including phenoxy) is 1. The highest BCUT2D eigenvalue weighted by Crippen LogP contribution is 2.43. The molecule has 0 aliphatic heterocycles. The van der Waals surface area contributed by atoms with E-state index in [-0.39, 0.29) is 12.8 Å². The van der Waals surface area contributed by atoms with Crippen LogP contribution in [0.15, 0.2) is 48.6 Å². The zero-order valence-corrected chi connectivity index (χ0v) is 32.3. The molecule has 51 heavy (non-hydrogen) atoms. The Morgan fingerprint density at radius 1 is 0.647 bits per heavy atom. The van der Waals surface area contributed by atoms with Gasteiger partial charge in [-0.15, -0.1) is 0 Å². The highest BCUT2D eigenvalue weighted by molar-refractivity contribution is 7.47. The van der Waals surface area contributed by atoms with E-state index in [0.717, 1.165) is 77.0 Å². The molecule has 0 bridgehead atoms. The Morgan fingerprint density at radius 3 is 1.75 bits per heavy atom. The van der Waals surface area contributed by atoms with E-state index in [0.29, 0.717) is 12.8 Å². The van der Waals surface area contributed by atoms with Crippen LogP contribution in [0.1, 0.15) is 149 Å². The first kappa shape index (κ1) is 48.4. The number of rotatable bonds is 35. The molecule has 0 fully saturated rings. The minimum atomic E-state index is -4.76. The normalized spacial score (nSPS) is 14.4. The minimum absolute atomic E-state index is 0.108. The second-order valence-corrected chi connectivity index (χ2v) is 14.2. The third-order valence-electron chi connectivity index (χ3n) is 7.85. The predicted molar refractivity (Wildman–Crippen MR) is 203 cm³/mol. The number of carboxylic acids is 1. The van der Waals surface area contributed by atoms with Crippen molar-refractivity contribution in [3.8, 4) is 0 Å². The smallest absolute Gasteiger partial charge is 0.472 e. The van der Waals surface area contributed by atoms with Crippen LogP contribution in [0.5, 0.6) is 0 Å². The molecule has 0 aromatic rings. The van der Waals surface area contributed by atoms with Gasteiger partial charge in [0.25, 0.3) is 0 Å². The van der Waals surface area contributed by atoms with Gasteiger partial charge in [0.2, 0.25) is 5.91 Å². The maximum atomic E-state index is 12.2.